The summed E-state index contributed by atoms with van der Waals surface area (Å²) in [6.45, 7) is 1.03. The number of anilines is 1. The molecule has 9 heteroatoms. The Morgan fingerprint density at radius 1 is 1.03 bits per heavy atom. The number of hydrogen-bond acceptors (Lipinski definition) is 5. The number of aromatic nitrogens is 2. The van der Waals surface area contributed by atoms with Crippen molar-refractivity contribution in [3.8, 4) is 5.88 Å². The molecule has 0 bridgehead atoms. The van der Waals surface area contributed by atoms with Gasteiger partial charge in [0.2, 0.25) is 5.82 Å². The Kier molecular flexibility index (Phi) is 6.74. The van der Waals surface area contributed by atoms with E-state index in [1.165, 1.54) is 24.3 Å². The lowest BCUT2D eigenvalue weighted by atomic mass is 10.1. The molecule has 0 aliphatic rings. The normalized spacial score (nSPS) is 11.2. The van der Waals surface area contributed by atoms with Gasteiger partial charge in [0, 0.05) is 19.0 Å². The molecular formula is C22H20F3N3O3. The second kappa shape index (κ2) is 9.46. The van der Waals surface area contributed by atoms with Gasteiger partial charge >= 0.3 is 5.97 Å². The predicted molar refractivity (Wildman–Crippen MR) is 107 cm³/mol. The number of aliphatic carboxylic acids is 1. The highest BCUT2D eigenvalue weighted by molar-refractivity contribution is 5.70. The molecule has 0 atom stereocenters. The van der Waals surface area contributed by atoms with Gasteiger partial charge in [0.1, 0.15) is 12.9 Å². The van der Waals surface area contributed by atoms with Gasteiger partial charge in [0.25, 0.3) is 11.8 Å². The molecule has 1 heterocycles. The first-order valence-corrected chi connectivity index (χ1v) is 9.36. The summed E-state index contributed by atoms with van der Waals surface area (Å²) in [4.78, 5) is 18.4. The quantitative estimate of drug-likeness (QED) is 0.517. The maximum absolute atomic E-state index is 14.6. The lowest BCUT2D eigenvalue weighted by Crippen LogP contribution is -2.09. The number of benzene rings is 2. The van der Waals surface area contributed by atoms with Crippen LogP contribution in [-0.4, -0.2) is 21.0 Å². The zero-order valence-corrected chi connectivity index (χ0v) is 16.6. The van der Waals surface area contributed by atoms with E-state index in [0.29, 0.717) is 11.1 Å². The summed E-state index contributed by atoms with van der Waals surface area (Å²) < 4.78 is 46.6. The Hall–Kier alpha value is -3.62. The van der Waals surface area contributed by atoms with Crippen LogP contribution in [0.2, 0.25) is 0 Å². The van der Waals surface area contributed by atoms with E-state index in [1.807, 2.05) is 0 Å². The van der Waals surface area contributed by atoms with Crippen LogP contribution < -0.4 is 10.1 Å². The van der Waals surface area contributed by atoms with Gasteiger partial charge in [0.15, 0.2) is 5.82 Å². The molecule has 6 nitrogen and oxygen atoms in total. The molecule has 2 N–H and O–H groups in total. The molecule has 0 fully saturated rings. The van der Waals surface area contributed by atoms with Gasteiger partial charge < -0.3 is 15.2 Å². The van der Waals surface area contributed by atoms with Gasteiger partial charge in [-0.25, -0.2) is 13.8 Å². The van der Waals surface area contributed by atoms with E-state index in [4.69, 9.17) is 9.84 Å². The van der Waals surface area contributed by atoms with Crippen molar-refractivity contribution in [2.75, 3.05) is 5.32 Å². The first-order valence-electron chi connectivity index (χ1n) is 9.36. The van der Waals surface area contributed by atoms with Gasteiger partial charge in [-0.2, -0.15) is 9.37 Å². The fourth-order valence-corrected chi connectivity index (χ4v) is 2.76. The fourth-order valence-electron chi connectivity index (χ4n) is 2.76. The number of rotatable bonds is 9. The Morgan fingerprint density at radius 2 is 1.65 bits per heavy atom. The summed E-state index contributed by atoms with van der Waals surface area (Å²) in [5.74, 6) is -4.94. The summed E-state index contributed by atoms with van der Waals surface area (Å²) in [5.41, 5.74) is 1.94. The Balaban J connectivity index is 1.60. The second-order valence-corrected chi connectivity index (χ2v) is 6.96. The first kappa shape index (κ1) is 22.1. The van der Waals surface area contributed by atoms with Crippen molar-refractivity contribution in [3.63, 3.8) is 0 Å². The molecule has 0 aliphatic carbocycles. The number of carboxylic acids is 1. The number of hydrogen-bond donors (Lipinski definition) is 2. The number of carboxylic acid groups (broad SMARTS) is 1. The van der Waals surface area contributed by atoms with Crippen molar-refractivity contribution >= 4 is 11.8 Å². The molecule has 0 saturated heterocycles. The molecule has 2 aromatic carbocycles. The van der Waals surface area contributed by atoms with Crippen molar-refractivity contribution in [2.45, 2.75) is 32.4 Å². The Labute approximate surface area is 176 Å². The standard InChI is InChI=1S/C22H20F3N3O3/c1-22(24,25)17-8-6-15(7-9-17)11-26-20-19(23)21(28-13-27-20)31-12-16-4-2-14(3-5-16)10-18(29)30/h2-9,13H,10-12H2,1H3,(H,29,30)(H,26,27,28). The summed E-state index contributed by atoms with van der Waals surface area (Å²) in [6.07, 6.45) is 1.07. The van der Waals surface area contributed by atoms with E-state index in [2.05, 4.69) is 15.3 Å². The Bertz CT molecular complexity index is 1040. The van der Waals surface area contributed by atoms with Crippen LogP contribution in [0.3, 0.4) is 0 Å². The van der Waals surface area contributed by atoms with Crippen molar-refractivity contribution < 1.29 is 27.8 Å². The number of nitrogens with one attached hydrogen (secondary N) is 1. The second-order valence-electron chi connectivity index (χ2n) is 6.96. The average molecular weight is 431 g/mol. The number of ether oxygens (including phenoxy) is 1. The SMILES string of the molecule is CC(F)(F)c1ccc(CNc2ncnc(OCc3ccc(CC(=O)O)cc3)c2F)cc1. The van der Waals surface area contributed by atoms with E-state index < -0.39 is 17.7 Å². The van der Waals surface area contributed by atoms with Gasteiger partial charge in [-0.15, -0.1) is 0 Å². The molecule has 162 valence electrons. The monoisotopic (exact) mass is 431 g/mol. The highest BCUT2D eigenvalue weighted by Crippen LogP contribution is 2.27. The first-order chi connectivity index (χ1) is 14.7. The summed E-state index contributed by atoms with van der Waals surface area (Å²) >= 11 is 0. The molecule has 0 saturated carbocycles. The highest BCUT2D eigenvalue weighted by atomic mass is 19.3. The maximum Gasteiger partial charge on any atom is 0.307 e. The fraction of sp³-hybridized carbons (Fsp3) is 0.227. The van der Waals surface area contributed by atoms with Crippen LogP contribution in [0.15, 0.2) is 54.9 Å². The van der Waals surface area contributed by atoms with Crippen LogP contribution in [0.4, 0.5) is 19.0 Å². The van der Waals surface area contributed by atoms with Crippen LogP contribution in [0.1, 0.15) is 29.2 Å². The molecule has 0 unspecified atom stereocenters. The minimum atomic E-state index is -2.92. The van der Waals surface area contributed by atoms with E-state index in [-0.39, 0.29) is 36.8 Å². The maximum atomic E-state index is 14.6. The molecule has 0 aliphatic heterocycles. The molecule has 0 spiro atoms. The number of halogens is 3. The molecule has 31 heavy (non-hydrogen) atoms. The van der Waals surface area contributed by atoms with Gasteiger partial charge in [-0.1, -0.05) is 48.5 Å². The van der Waals surface area contributed by atoms with Crippen molar-refractivity contribution in [2.24, 2.45) is 0 Å². The third-order valence-electron chi connectivity index (χ3n) is 4.43. The number of nitrogens with zero attached hydrogens (tertiary/aromatic N) is 2. The van der Waals surface area contributed by atoms with E-state index in [1.54, 1.807) is 24.3 Å². The molecule has 3 rings (SSSR count). The van der Waals surface area contributed by atoms with Gasteiger partial charge in [-0.3, -0.25) is 4.79 Å². The molecule has 1 aromatic heterocycles. The van der Waals surface area contributed by atoms with Crippen LogP contribution >= 0.6 is 0 Å². The Morgan fingerprint density at radius 3 is 2.26 bits per heavy atom. The van der Waals surface area contributed by atoms with Crippen LogP contribution in [0.25, 0.3) is 0 Å². The highest BCUT2D eigenvalue weighted by Gasteiger charge is 2.23. The van der Waals surface area contributed by atoms with Crippen molar-refractivity contribution in [3.05, 3.63) is 82.9 Å². The molecule has 0 amide bonds. The topological polar surface area (TPSA) is 84.3 Å². The molecule has 0 radical (unpaired) electrons. The van der Waals surface area contributed by atoms with Crippen LogP contribution in [0.5, 0.6) is 5.88 Å². The summed E-state index contributed by atoms with van der Waals surface area (Å²) in [5, 5.41) is 11.6. The smallest absolute Gasteiger partial charge is 0.307 e. The lowest BCUT2D eigenvalue weighted by Gasteiger charge is -2.12. The largest absolute Gasteiger partial charge is 0.481 e. The number of carbonyl (C=O) groups is 1. The average Bonchev–Trinajstić information content (AvgIpc) is 2.72. The zero-order valence-electron chi connectivity index (χ0n) is 16.6. The number of alkyl halides is 2. The third kappa shape index (κ3) is 6.18. The minimum absolute atomic E-state index is 0.0351. The van der Waals surface area contributed by atoms with Crippen molar-refractivity contribution in [1.29, 1.82) is 0 Å². The zero-order chi connectivity index (χ0) is 22.4. The minimum Gasteiger partial charge on any atom is -0.481 e. The third-order valence-corrected chi connectivity index (χ3v) is 4.43. The van der Waals surface area contributed by atoms with Crippen molar-refractivity contribution in [1.82, 2.24) is 9.97 Å². The lowest BCUT2D eigenvalue weighted by molar-refractivity contribution is -0.136. The predicted octanol–water partition coefficient (Wildman–Crippen LogP) is 4.55. The van der Waals surface area contributed by atoms with Gasteiger partial charge in [-0.05, 0) is 16.7 Å². The molecule has 3 aromatic rings. The van der Waals surface area contributed by atoms with E-state index in [0.717, 1.165) is 18.8 Å². The summed E-state index contributed by atoms with van der Waals surface area (Å²) in [7, 11) is 0. The molecular weight excluding hydrogens is 411 g/mol. The van der Waals surface area contributed by atoms with E-state index >= 15 is 0 Å². The van der Waals surface area contributed by atoms with Gasteiger partial charge in [0.05, 0.1) is 6.42 Å². The summed E-state index contributed by atoms with van der Waals surface area (Å²) in [6, 6.07) is 12.4. The van der Waals surface area contributed by atoms with Crippen LogP contribution in [-0.2, 0) is 30.3 Å². The van der Waals surface area contributed by atoms with E-state index in [9.17, 15) is 18.0 Å². The van der Waals surface area contributed by atoms with Crippen LogP contribution in [0, 0.1) is 5.82 Å².